The van der Waals surface area contributed by atoms with Crippen LogP contribution in [0.1, 0.15) is 16.7 Å². The summed E-state index contributed by atoms with van der Waals surface area (Å²) in [7, 11) is -0.811. The van der Waals surface area contributed by atoms with E-state index in [1.807, 2.05) is 78.9 Å². The van der Waals surface area contributed by atoms with Crippen LogP contribution < -0.4 is 24.8 Å². The van der Waals surface area contributed by atoms with Crippen molar-refractivity contribution < 1.29 is 22.8 Å². The summed E-state index contributed by atoms with van der Waals surface area (Å²) < 4.78 is 59.1. The van der Waals surface area contributed by atoms with E-state index in [9.17, 15) is 0 Å². The lowest BCUT2D eigenvalue weighted by molar-refractivity contribution is 0.414. The van der Waals surface area contributed by atoms with Gasteiger partial charge < -0.3 is 9.47 Å². The summed E-state index contributed by atoms with van der Waals surface area (Å²) in [6.45, 7) is 0. The van der Waals surface area contributed by atoms with Gasteiger partial charge in [-0.05, 0) is 90.0 Å². The van der Waals surface area contributed by atoms with E-state index < -0.39 is 18.9 Å². The first kappa shape index (κ1) is 26.5. The van der Waals surface area contributed by atoms with Gasteiger partial charge in [0.25, 0.3) is 0 Å². The maximum absolute atomic E-state index is 15.8. The van der Waals surface area contributed by atoms with Crippen molar-refractivity contribution >= 4 is 34.9 Å². The SMILES string of the molecule is COc1ccc(C2=C(c3ccc(OC)cc3)N(c3ccccc3)P(=O)(c3ccccc3F)c3ccc(F)cc32)cc1. The standard InChI is InChI=1S/C34H26F2NO3P/c1-39-27-17-12-23(13-18-27)33-29-22-25(35)16-21-31(29)41(38,32-11-7-6-10-30(32)36)37(26-8-4-3-5-9-26)34(33)24-14-19-28(40-2)20-15-24/h3-22H,1-2H3. The minimum atomic E-state index is -3.98. The van der Waals surface area contributed by atoms with Gasteiger partial charge in [-0.15, -0.1) is 0 Å². The molecular weight excluding hydrogens is 539 g/mol. The second-order valence-electron chi connectivity index (χ2n) is 9.52. The number of benzene rings is 5. The average molecular weight is 566 g/mol. The number of para-hydroxylation sites is 1. The van der Waals surface area contributed by atoms with Gasteiger partial charge in [0.1, 0.15) is 23.1 Å². The van der Waals surface area contributed by atoms with E-state index in [1.54, 1.807) is 37.1 Å². The first-order valence-corrected chi connectivity index (χ1v) is 14.7. The summed E-state index contributed by atoms with van der Waals surface area (Å²) in [5.74, 6) is 0.213. The van der Waals surface area contributed by atoms with Crippen LogP contribution in [0.15, 0.2) is 121 Å². The van der Waals surface area contributed by atoms with Crippen molar-refractivity contribution in [2.45, 2.75) is 0 Å². The Kier molecular flexibility index (Phi) is 6.94. The highest BCUT2D eigenvalue weighted by atomic mass is 31.2. The Morgan fingerprint density at radius 1 is 0.634 bits per heavy atom. The molecule has 1 aliphatic heterocycles. The Balaban J connectivity index is 1.80. The average Bonchev–Trinajstić information content (AvgIpc) is 3.01. The molecular formula is C34H26F2NO3P. The Bertz CT molecular complexity index is 1800. The van der Waals surface area contributed by atoms with Gasteiger partial charge in [-0.2, -0.15) is 0 Å². The van der Waals surface area contributed by atoms with Gasteiger partial charge in [-0.25, -0.2) is 8.78 Å². The molecule has 6 rings (SSSR count). The molecule has 0 fully saturated rings. The molecule has 1 aliphatic rings. The molecule has 1 heterocycles. The number of fused-ring (bicyclic) bond motifs is 1. The lowest BCUT2D eigenvalue weighted by Crippen LogP contribution is -2.38. The normalized spacial score (nSPS) is 16.3. The lowest BCUT2D eigenvalue weighted by atomic mass is 9.92. The molecule has 0 aliphatic carbocycles. The van der Waals surface area contributed by atoms with Gasteiger partial charge in [0.2, 0.25) is 7.29 Å². The summed E-state index contributed by atoms with van der Waals surface area (Å²) in [6.07, 6.45) is 0. The molecule has 0 spiro atoms. The predicted molar refractivity (Wildman–Crippen MR) is 160 cm³/mol. The minimum absolute atomic E-state index is 0.0384. The molecule has 41 heavy (non-hydrogen) atoms. The molecule has 7 heteroatoms. The maximum atomic E-state index is 15.8. The van der Waals surface area contributed by atoms with E-state index in [4.69, 9.17) is 9.47 Å². The van der Waals surface area contributed by atoms with E-state index in [0.717, 1.165) is 5.56 Å². The highest BCUT2D eigenvalue weighted by molar-refractivity contribution is 7.80. The smallest absolute Gasteiger partial charge is 0.237 e. The number of methoxy groups -OCH3 is 2. The van der Waals surface area contributed by atoms with Crippen molar-refractivity contribution in [1.82, 2.24) is 0 Å². The first-order chi connectivity index (χ1) is 20.0. The largest absolute Gasteiger partial charge is 0.497 e. The summed E-state index contributed by atoms with van der Waals surface area (Å²) in [6, 6.07) is 34.3. The van der Waals surface area contributed by atoms with E-state index in [-0.39, 0.29) is 5.30 Å². The van der Waals surface area contributed by atoms with Gasteiger partial charge in [-0.1, -0.05) is 42.5 Å². The number of hydrogen-bond acceptors (Lipinski definition) is 3. The zero-order valence-corrected chi connectivity index (χ0v) is 23.3. The van der Waals surface area contributed by atoms with Gasteiger partial charge in [-0.3, -0.25) is 9.24 Å². The Morgan fingerprint density at radius 3 is 1.83 bits per heavy atom. The van der Waals surface area contributed by atoms with Crippen molar-refractivity contribution in [1.29, 1.82) is 0 Å². The molecule has 204 valence electrons. The van der Waals surface area contributed by atoms with Crippen LogP contribution in [0.3, 0.4) is 0 Å². The van der Waals surface area contributed by atoms with Gasteiger partial charge in [0, 0.05) is 22.1 Å². The van der Waals surface area contributed by atoms with Gasteiger partial charge in [0.15, 0.2) is 0 Å². The third-order valence-electron chi connectivity index (χ3n) is 7.21. The van der Waals surface area contributed by atoms with Crippen molar-refractivity contribution in [2.24, 2.45) is 0 Å². The van der Waals surface area contributed by atoms with Crippen LogP contribution in [0.25, 0.3) is 11.3 Å². The molecule has 5 aromatic rings. The van der Waals surface area contributed by atoms with Gasteiger partial charge in [0.05, 0.1) is 25.2 Å². The number of ether oxygens (including phenoxy) is 2. The zero-order valence-electron chi connectivity index (χ0n) is 22.4. The predicted octanol–water partition coefficient (Wildman–Crippen LogP) is 7.65. The van der Waals surface area contributed by atoms with E-state index >= 15 is 13.3 Å². The second-order valence-corrected chi connectivity index (χ2v) is 12.0. The lowest BCUT2D eigenvalue weighted by Gasteiger charge is -2.42. The van der Waals surface area contributed by atoms with Crippen LogP contribution in [0.5, 0.6) is 11.5 Å². The van der Waals surface area contributed by atoms with Crippen molar-refractivity contribution in [3.63, 3.8) is 0 Å². The molecule has 1 unspecified atom stereocenters. The van der Waals surface area contributed by atoms with Crippen molar-refractivity contribution in [2.75, 3.05) is 18.9 Å². The molecule has 0 saturated heterocycles. The third kappa shape index (κ3) is 4.51. The number of anilines is 1. The molecule has 4 nitrogen and oxygen atoms in total. The summed E-state index contributed by atoms with van der Waals surface area (Å²) in [5, 5.41) is 0.382. The molecule has 0 bridgehead atoms. The highest BCUT2D eigenvalue weighted by Crippen LogP contribution is 2.60. The quantitative estimate of drug-likeness (QED) is 0.198. The molecule has 5 aromatic carbocycles. The van der Waals surface area contributed by atoms with E-state index in [1.165, 1.54) is 24.3 Å². The molecule has 0 amide bonds. The van der Waals surface area contributed by atoms with Crippen LogP contribution in [-0.4, -0.2) is 14.2 Å². The number of hydrogen-bond donors (Lipinski definition) is 0. The fourth-order valence-corrected chi connectivity index (χ4v) is 8.39. The molecule has 0 radical (unpaired) electrons. The number of halogens is 2. The van der Waals surface area contributed by atoms with Crippen molar-refractivity contribution in [3.05, 3.63) is 150 Å². The zero-order chi connectivity index (χ0) is 28.6. The fourth-order valence-electron chi connectivity index (χ4n) is 5.32. The van der Waals surface area contributed by atoms with Crippen LogP contribution in [0.2, 0.25) is 0 Å². The minimum Gasteiger partial charge on any atom is -0.497 e. The number of rotatable bonds is 6. The molecule has 1 atom stereocenters. The first-order valence-electron chi connectivity index (χ1n) is 13.0. The Morgan fingerprint density at radius 2 is 1.22 bits per heavy atom. The van der Waals surface area contributed by atoms with Crippen LogP contribution in [-0.2, 0) is 4.57 Å². The Hall–Kier alpha value is -4.67. The van der Waals surface area contributed by atoms with Crippen molar-refractivity contribution in [3.8, 4) is 11.5 Å². The topological polar surface area (TPSA) is 38.8 Å². The molecule has 0 aromatic heterocycles. The maximum Gasteiger partial charge on any atom is 0.237 e. The van der Waals surface area contributed by atoms with Gasteiger partial charge >= 0.3 is 0 Å². The fraction of sp³-hybridized carbons (Fsp3) is 0.0588. The van der Waals surface area contributed by atoms with Crippen LogP contribution >= 0.6 is 7.29 Å². The second kappa shape index (κ2) is 10.7. The summed E-state index contributed by atoms with van der Waals surface area (Å²) in [5.41, 5.74) is 3.69. The van der Waals surface area contributed by atoms with E-state index in [0.29, 0.717) is 44.9 Å². The molecule has 0 saturated carbocycles. The van der Waals surface area contributed by atoms with E-state index in [2.05, 4.69) is 0 Å². The third-order valence-corrected chi connectivity index (χ3v) is 10.3. The Labute approximate surface area is 237 Å². The summed E-state index contributed by atoms with van der Waals surface area (Å²) in [4.78, 5) is 0. The highest BCUT2D eigenvalue weighted by Gasteiger charge is 2.46. The summed E-state index contributed by atoms with van der Waals surface area (Å²) >= 11 is 0. The monoisotopic (exact) mass is 565 g/mol. The molecule has 0 N–H and O–H groups in total. The van der Waals surface area contributed by atoms with Crippen LogP contribution in [0, 0.1) is 11.6 Å². The van der Waals surface area contributed by atoms with Crippen LogP contribution in [0.4, 0.5) is 14.5 Å². The number of nitrogens with zero attached hydrogens (tertiary/aromatic N) is 1.